The molecule has 5 rings (SSSR count). The van der Waals surface area contributed by atoms with Crippen LogP contribution >= 0.6 is 0 Å². The number of ether oxygens (including phenoxy) is 5. The Balaban J connectivity index is 1.78. The van der Waals surface area contributed by atoms with Gasteiger partial charge in [-0.2, -0.15) is 0 Å². The van der Waals surface area contributed by atoms with Gasteiger partial charge in [0, 0.05) is 34.9 Å². The van der Waals surface area contributed by atoms with E-state index in [9.17, 15) is 4.79 Å². The van der Waals surface area contributed by atoms with E-state index in [4.69, 9.17) is 23.7 Å². The molecule has 3 aliphatic rings. The summed E-state index contributed by atoms with van der Waals surface area (Å²) >= 11 is 0. The number of hydrogen-bond acceptors (Lipinski definition) is 7. The summed E-state index contributed by atoms with van der Waals surface area (Å²) in [6.07, 6.45) is 0. The molecule has 3 heterocycles. The maximum atomic E-state index is 13.0. The van der Waals surface area contributed by atoms with E-state index in [0.29, 0.717) is 35.2 Å². The lowest BCUT2D eigenvalue weighted by molar-refractivity contribution is -0.143. The summed E-state index contributed by atoms with van der Waals surface area (Å²) in [4.78, 5) is 13.0. The zero-order chi connectivity index (χ0) is 21.0. The summed E-state index contributed by atoms with van der Waals surface area (Å²) < 4.78 is 27.7. The average molecular weight is 409 g/mol. The van der Waals surface area contributed by atoms with Crippen LogP contribution < -0.4 is 24.3 Å². The lowest BCUT2D eigenvalue weighted by Gasteiger charge is -2.41. The predicted molar refractivity (Wildman–Crippen MR) is 109 cm³/mol. The van der Waals surface area contributed by atoms with Gasteiger partial charge in [0.05, 0.1) is 19.8 Å². The molecule has 2 aromatic rings. The van der Waals surface area contributed by atoms with Gasteiger partial charge in [0.1, 0.15) is 18.1 Å². The minimum atomic E-state index is -0.373. The van der Waals surface area contributed by atoms with E-state index in [1.807, 2.05) is 30.3 Å². The lowest BCUT2D eigenvalue weighted by Crippen LogP contribution is -2.39. The molecule has 1 atom stereocenters. The van der Waals surface area contributed by atoms with Crippen molar-refractivity contribution in [1.82, 2.24) is 0 Å². The van der Waals surface area contributed by atoms with E-state index >= 15 is 0 Å². The second-order valence-corrected chi connectivity index (χ2v) is 8.25. The quantitative estimate of drug-likeness (QED) is 0.772. The first kappa shape index (κ1) is 18.7. The molecule has 1 unspecified atom stereocenters. The summed E-state index contributed by atoms with van der Waals surface area (Å²) in [7, 11) is 3.21. The van der Waals surface area contributed by atoms with Crippen LogP contribution in [0.4, 0.5) is 5.69 Å². The van der Waals surface area contributed by atoms with E-state index < -0.39 is 0 Å². The van der Waals surface area contributed by atoms with Gasteiger partial charge < -0.3 is 29.0 Å². The molecule has 0 aliphatic carbocycles. The smallest absolute Gasteiger partial charge is 0.336 e. The van der Waals surface area contributed by atoms with Crippen LogP contribution in [0, 0.1) is 5.41 Å². The van der Waals surface area contributed by atoms with Crippen LogP contribution in [0.15, 0.2) is 41.6 Å². The highest BCUT2D eigenvalue weighted by Crippen LogP contribution is 2.52. The van der Waals surface area contributed by atoms with Gasteiger partial charge in [0.15, 0.2) is 11.5 Å². The Bertz CT molecular complexity index is 1070. The van der Waals surface area contributed by atoms with Gasteiger partial charge in [-0.1, -0.05) is 13.8 Å². The number of carbonyl (C=O) groups excluding carboxylic acids is 1. The molecule has 0 bridgehead atoms. The largest absolute Gasteiger partial charge is 0.497 e. The van der Waals surface area contributed by atoms with E-state index in [-0.39, 0.29) is 24.1 Å². The number of carbonyl (C=O) groups is 1. The summed E-state index contributed by atoms with van der Waals surface area (Å²) in [5.41, 5.74) is 3.74. The summed E-state index contributed by atoms with van der Waals surface area (Å²) in [6, 6.07) is 9.52. The standard InChI is InChI=1S/C23H23NO6/c1-23(2)10-28-22(25)20-19(12-5-13(26-3)7-14(6-12)27-4)15-8-17-18(30-11-29-17)9-16(15)24-21(20)23/h5-9,19,24H,10-11H2,1-4H3. The number of cyclic esters (lactones) is 1. The van der Waals surface area contributed by atoms with Crippen molar-refractivity contribution < 1.29 is 28.5 Å². The molecule has 7 heteroatoms. The number of rotatable bonds is 3. The molecule has 0 fully saturated rings. The molecule has 30 heavy (non-hydrogen) atoms. The van der Waals surface area contributed by atoms with Gasteiger partial charge in [0.25, 0.3) is 0 Å². The molecule has 156 valence electrons. The zero-order valence-corrected chi connectivity index (χ0v) is 17.3. The zero-order valence-electron chi connectivity index (χ0n) is 17.3. The predicted octanol–water partition coefficient (Wildman–Crippen LogP) is 3.83. The van der Waals surface area contributed by atoms with Crippen LogP contribution in [0.1, 0.15) is 30.9 Å². The van der Waals surface area contributed by atoms with Crippen LogP contribution in [0.25, 0.3) is 0 Å². The van der Waals surface area contributed by atoms with Crippen molar-refractivity contribution in [2.24, 2.45) is 5.41 Å². The van der Waals surface area contributed by atoms with Crippen LogP contribution in [0.5, 0.6) is 23.0 Å². The fraction of sp³-hybridized carbons (Fsp3) is 0.348. The third kappa shape index (κ3) is 2.76. The number of fused-ring (bicyclic) bond motifs is 2. The van der Waals surface area contributed by atoms with E-state index in [2.05, 4.69) is 19.2 Å². The molecule has 0 amide bonds. The number of esters is 1. The van der Waals surface area contributed by atoms with Crippen LogP contribution in [-0.2, 0) is 9.53 Å². The average Bonchev–Trinajstić information content (AvgIpc) is 3.20. The minimum absolute atomic E-state index is 0.177. The van der Waals surface area contributed by atoms with E-state index in [1.165, 1.54) is 0 Å². The summed E-state index contributed by atoms with van der Waals surface area (Å²) in [5, 5.41) is 3.49. The molecular formula is C23H23NO6. The van der Waals surface area contributed by atoms with Crippen LogP contribution in [-0.4, -0.2) is 33.6 Å². The Labute approximate surface area is 174 Å². The second-order valence-electron chi connectivity index (χ2n) is 8.25. The van der Waals surface area contributed by atoms with Gasteiger partial charge in [0.2, 0.25) is 6.79 Å². The Morgan fingerprint density at radius 3 is 2.30 bits per heavy atom. The Hall–Kier alpha value is -3.35. The molecule has 0 radical (unpaired) electrons. The van der Waals surface area contributed by atoms with Crippen molar-refractivity contribution in [3.8, 4) is 23.0 Å². The van der Waals surface area contributed by atoms with Gasteiger partial charge in [-0.3, -0.25) is 0 Å². The Kier molecular flexibility index (Phi) is 4.10. The van der Waals surface area contributed by atoms with Crippen molar-refractivity contribution in [2.45, 2.75) is 19.8 Å². The van der Waals surface area contributed by atoms with Gasteiger partial charge >= 0.3 is 5.97 Å². The van der Waals surface area contributed by atoms with Crippen molar-refractivity contribution >= 4 is 11.7 Å². The highest BCUT2D eigenvalue weighted by Gasteiger charge is 2.44. The van der Waals surface area contributed by atoms with E-state index in [0.717, 1.165) is 22.5 Å². The molecule has 0 saturated carbocycles. The number of nitrogens with one attached hydrogen (secondary N) is 1. The van der Waals surface area contributed by atoms with Crippen molar-refractivity contribution in [1.29, 1.82) is 0 Å². The number of methoxy groups -OCH3 is 2. The fourth-order valence-corrected chi connectivity index (χ4v) is 4.30. The molecule has 0 saturated heterocycles. The molecule has 7 nitrogen and oxygen atoms in total. The van der Waals surface area contributed by atoms with Crippen molar-refractivity contribution in [3.63, 3.8) is 0 Å². The minimum Gasteiger partial charge on any atom is -0.497 e. The first-order valence-electron chi connectivity index (χ1n) is 9.76. The second kappa shape index (κ2) is 6.58. The maximum absolute atomic E-state index is 13.0. The number of anilines is 1. The molecule has 1 N–H and O–H groups in total. The van der Waals surface area contributed by atoms with Crippen LogP contribution in [0.2, 0.25) is 0 Å². The molecule has 0 aromatic heterocycles. The molecule has 3 aliphatic heterocycles. The molecule has 2 aromatic carbocycles. The highest BCUT2D eigenvalue weighted by molar-refractivity contribution is 5.96. The first-order chi connectivity index (χ1) is 14.4. The summed E-state index contributed by atoms with van der Waals surface area (Å²) in [6.45, 7) is 4.61. The number of benzene rings is 2. The monoisotopic (exact) mass is 409 g/mol. The normalized spacial score (nSPS) is 20.7. The third-order valence-electron chi connectivity index (χ3n) is 5.84. The fourth-order valence-electron chi connectivity index (χ4n) is 4.30. The lowest BCUT2D eigenvalue weighted by atomic mass is 9.74. The van der Waals surface area contributed by atoms with Gasteiger partial charge in [-0.05, 0) is 29.3 Å². The maximum Gasteiger partial charge on any atom is 0.336 e. The highest BCUT2D eigenvalue weighted by atomic mass is 16.7. The summed E-state index contributed by atoms with van der Waals surface area (Å²) in [5.74, 6) is 1.94. The Morgan fingerprint density at radius 1 is 0.967 bits per heavy atom. The van der Waals surface area contributed by atoms with Crippen molar-refractivity contribution in [3.05, 3.63) is 52.7 Å². The van der Waals surface area contributed by atoms with Gasteiger partial charge in [-0.15, -0.1) is 0 Å². The first-order valence-corrected chi connectivity index (χ1v) is 9.76. The Morgan fingerprint density at radius 2 is 1.63 bits per heavy atom. The van der Waals surface area contributed by atoms with E-state index in [1.54, 1.807) is 14.2 Å². The SMILES string of the molecule is COc1cc(OC)cc(C2C3=C(Nc4cc5c(cc42)OCO5)C(C)(C)COC3=O)c1. The van der Waals surface area contributed by atoms with Crippen LogP contribution in [0.3, 0.4) is 0 Å². The topological polar surface area (TPSA) is 75.2 Å². The third-order valence-corrected chi connectivity index (χ3v) is 5.84. The van der Waals surface area contributed by atoms with Gasteiger partial charge in [-0.25, -0.2) is 4.79 Å². The van der Waals surface area contributed by atoms with Crippen molar-refractivity contribution in [2.75, 3.05) is 32.9 Å². The molecular weight excluding hydrogens is 386 g/mol. The molecule has 0 spiro atoms. The number of hydrogen-bond donors (Lipinski definition) is 1.